The summed E-state index contributed by atoms with van der Waals surface area (Å²) in [6.45, 7) is 0.586. The molecule has 0 aliphatic rings. The zero-order valence-corrected chi connectivity index (χ0v) is 19.3. The van der Waals surface area contributed by atoms with E-state index in [1.165, 1.54) is 6.08 Å². The highest BCUT2D eigenvalue weighted by atomic mass is 35.5. The van der Waals surface area contributed by atoms with Crippen LogP contribution in [0, 0.1) is 0 Å². The quantitative estimate of drug-likeness (QED) is 0.186. The number of nitrogens with zero attached hydrogens (tertiary/aromatic N) is 1. The standard InChI is InChI=1S/C27H22ClN3O4/c28-21-11-8-19(9-12-21)17-35-25-15-24(30-23-7-2-1-6-22(23)25)27(33)29-16-20-5-3-4-18(14-20)10-13-26(32)31-34/h1-15,34H,16-17H2,(H,29,33)(H,31,32)/b13-10+. The maximum atomic E-state index is 12.9. The van der Waals surface area contributed by atoms with E-state index in [9.17, 15) is 9.59 Å². The predicted octanol–water partition coefficient (Wildman–Crippen LogP) is 4.92. The van der Waals surface area contributed by atoms with Crippen LogP contribution in [-0.2, 0) is 17.9 Å². The van der Waals surface area contributed by atoms with Gasteiger partial charge in [0.05, 0.1) is 5.52 Å². The molecular weight excluding hydrogens is 466 g/mol. The van der Waals surface area contributed by atoms with Crippen molar-refractivity contribution in [3.63, 3.8) is 0 Å². The van der Waals surface area contributed by atoms with E-state index < -0.39 is 5.91 Å². The molecule has 0 bridgehead atoms. The normalized spacial score (nSPS) is 10.9. The smallest absolute Gasteiger partial charge is 0.270 e. The van der Waals surface area contributed by atoms with Crippen LogP contribution in [0.5, 0.6) is 5.75 Å². The van der Waals surface area contributed by atoms with Gasteiger partial charge in [0.25, 0.3) is 11.8 Å². The van der Waals surface area contributed by atoms with Crippen molar-refractivity contribution in [3.8, 4) is 5.75 Å². The van der Waals surface area contributed by atoms with Crippen LogP contribution in [0.3, 0.4) is 0 Å². The van der Waals surface area contributed by atoms with Gasteiger partial charge in [0.15, 0.2) is 0 Å². The van der Waals surface area contributed by atoms with Crippen LogP contribution in [0.1, 0.15) is 27.2 Å². The van der Waals surface area contributed by atoms with E-state index in [0.717, 1.165) is 22.1 Å². The molecule has 7 nitrogen and oxygen atoms in total. The van der Waals surface area contributed by atoms with Crippen LogP contribution in [0.4, 0.5) is 0 Å². The van der Waals surface area contributed by atoms with Gasteiger partial charge in [-0.3, -0.25) is 14.8 Å². The minimum atomic E-state index is -0.625. The van der Waals surface area contributed by atoms with Crippen molar-refractivity contribution < 1.29 is 19.5 Å². The first-order valence-electron chi connectivity index (χ1n) is 10.8. The number of rotatable bonds is 8. The number of amides is 2. The van der Waals surface area contributed by atoms with Gasteiger partial charge in [0.2, 0.25) is 0 Å². The summed E-state index contributed by atoms with van der Waals surface area (Å²) in [6, 6.07) is 23.8. The highest BCUT2D eigenvalue weighted by Crippen LogP contribution is 2.26. The number of hydroxylamine groups is 1. The molecule has 0 aliphatic heterocycles. The maximum absolute atomic E-state index is 12.9. The number of aromatic nitrogens is 1. The molecule has 176 valence electrons. The molecule has 0 saturated heterocycles. The summed E-state index contributed by atoms with van der Waals surface area (Å²) >= 11 is 5.96. The number of carbonyl (C=O) groups is 2. The summed E-state index contributed by atoms with van der Waals surface area (Å²) in [4.78, 5) is 28.6. The van der Waals surface area contributed by atoms with E-state index in [4.69, 9.17) is 21.5 Å². The molecule has 0 atom stereocenters. The van der Waals surface area contributed by atoms with Crippen molar-refractivity contribution in [1.29, 1.82) is 0 Å². The summed E-state index contributed by atoms with van der Waals surface area (Å²) in [7, 11) is 0. The van der Waals surface area contributed by atoms with Gasteiger partial charge in [0.1, 0.15) is 18.1 Å². The van der Waals surface area contributed by atoms with Crippen molar-refractivity contribution in [2.24, 2.45) is 0 Å². The van der Waals surface area contributed by atoms with E-state index in [1.54, 1.807) is 29.8 Å². The number of hydrogen-bond acceptors (Lipinski definition) is 5. The highest BCUT2D eigenvalue weighted by Gasteiger charge is 2.13. The Kier molecular flexibility index (Phi) is 7.72. The van der Waals surface area contributed by atoms with Crippen molar-refractivity contribution in [1.82, 2.24) is 15.8 Å². The number of benzene rings is 3. The number of carbonyl (C=O) groups excluding carboxylic acids is 2. The van der Waals surface area contributed by atoms with Crippen LogP contribution in [0.25, 0.3) is 17.0 Å². The monoisotopic (exact) mass is 487 g/mol. The van der Waals surface area contributed by atoms with Crippen molar-refractivity contribution in [2.45, 2.75) is 13.2 Å². The Balaban J connectivity index is 1.49. The molecule has 1 aromatic heterocycles. The number of hydrogen-bond donors (Lipinski definition) is 3. The fourth-order valence-corrected chi connectivity index (χ4v) is 3.54. The zero-order chi connectivity index (χ0) is 24.6. The zero-order valence-electron chi connectivity index (χ0n) is 18.6. The third kappa shape index (κ3) is 6.44. The van der Waals surface area contributed by atoms with Gasteiger partial charge >= 0.3 is 0 Å². The van der Waals surface area contributed by atoms with Crippen LogP contribution < -0.4 is 15.5 Å². The summed E-state index contributed by atoms with van der Waals surface area (Å²) in [5, 5.41) is 12.9. The van der Waals surface area contributed by atoms with E-state index >= 15 is 0 Å². The largest absolute Gasteiger partial charge is 0.488 e. The van der Waals surface area contributed by atoms with Crippen LogP contribution >= 0.6 is 11.6 Å². The number of nitrogens with one attached hydrogen (secondary N) is 2. The molecule has 0 spiro atoms. The second kappa shape index (κ2) is 11.3. The maximum Gasteiger partial charge on any atom is 0.270 e. The topological polar surface area (TPSA) is 101 Å². The average molecular weight is 488 g/mol. The molecule has 0 fully saturated rings. The lowest BCUT2D eigenvalue weighted by molar-refractivity contribution is -0.124. The summed E-state index contributed by atoms with van der Waals surface area (Å²) in [5.41, 5.74) is 4.98. The minimum Gasteiger partial charge on any atom is -0.488 e. The average Bonchev–Trinajstić information content (AvgIpc) is 2.90. The number of halogens is 1. The third-order valence-electron chi connectivity index (χ3n) is 5.16. The molecule has 4 rings (SSSR count). The molecule has 4 aromatic rings. The lowest BCUT2D eigenvalue weighted by Crippen LogP contribution is -2.24. The van der Waals surface area contributed by atoms with Gasteiger partial charge in [-0.1, -0.05) is 54.1 Å². The van der Waals surface area contributed by atoms with Gasteiger partial charge < -0.3 is 10.1 Å². The molecule has 2 amide bonds. The fraction of sp³-hybridized carbons (Fsp3) is 0.0741. The lowest BCUT2D eigenvalue weighted by Gasteiger charge is -2.12. The van der Waals surface area contributed by atoms with Crippen molar-refractivity contribution in [3.05, 3.63) is 112 Å². The van der Waals surface area contributed by atoms with Gasteiger partial charge in [-0.05, 0) is 53.1 Å². The molecule has 3 N–H and O–H groups in total. The molecule has 35 heavy (non-hydrogen) atoms. The Labute approximate surface area is 207 Å². The summed E-state index contributed by atoms with van der Waals surface area (Å²) in [6.07, 6.45) is 2.77. The Morgan fingerprint density at radius 1 is 0.971 bits per heavy atom. The Hall–Kier alpha value is -4.20. The lowest BCUT2D eigenvalue weighted by atomic mass is 10.1. The van der Waals surface area contributed by atoms with Crippen molar-refractivity contribution >= 4 is 40.4 Å². The Morgan fingerprint density at radius 2 is 1.77 bits per heavy atom. The fourth-order valence-electron chi connectivity index (χ4n) is 3.41. The van der Waals surface area contributed by atoms with Gasteiger partial charge in [0, 0.05) is 29.1 Å². The minimum absolute atomic E-state index is 0.241. The van der Waals surface area contributed by atoms with Gasteiger partial charge in [-0.15, -0.1) is 0 Å². The second-order valence-electron chi connectivity index (χ2n) is 7.68. The van der Waals surface area contributed by atoms with E-state index in [-0.39, 0.29) is 18.1 Å². The van der Waals surface area contributed by atoms with Gasteiger partial charge in [-0.25, -0.2) is 10.5 Å². The third-order valence-corrected chi connectivity index (χ3v) is 5.41. The van der Waals surface area contributed by atoms with Crippen LogP contribution in [0.15, 0.2) is 84.9 Å². The number of para-hydroxylation sites is 1. The Morgan fingerprint density at radius 3 is 2.57 bits per heavy atom. The summed E-state index contributed by atoms with van der Waals surface area (Å²) in [5.74, 6) is -0.405. The molecule has 8 heteroatoms. The molecule has 1 heterocycles. The van der Waals surface area contributed by atoms with E-state index in [2.05, 4.69) is 10.3 Å². The first kappa shape index (κ1) is 23.9. The molecule has 0 aliphatic carbocycles. The van der Waals surface area contributed by atoms with Crippen LogP contribution in [0.2, 0.25) is 5.02 Å². The molecular formula is C27H22ClN3O4. The SMILES string of the molecule is O=C(/C=C/c1cccc(CNC(=O)c2cc(OCc3ccc(Cl)cc3)c3ccccc3n2)c1)NO. The predicted molar refractivity (Wildman–Crippen MR) is 134 cm³/mol. The number of ether oxygens (including phenoxy) is 1. The van der Waals surface area contributed by atoms with E-state index in [1.807, 2.05) is 60.7 Å². The van der Waals surface area contributed by atoms with Gasteiger partial charge in [-0.2, -0.15) is 0 Å². The van der Waals surface area contributed by atoms with E-state index in [0.29, 0.717) is 22.9 Å². The highest BCUT2D eigenvalue weighted by molar-refractivity contribution is 6.30. The number of fused-ring (bicyclic) bond motifs is 1. The van der Waals surface area contributed by atoms with Crippen LogP contribution in [-0.4, -0.2) is 22.0 Å². The van der Waals surface area contributed by atoms with Crippen molar-refractivity contribution in [2.75, 3.05) is 0 Å². The Bertz CT molecular complexity index is 1390. The molecule has 0 saturated carbocycles. The summed E-state index contributed by atoms with van der Waals surface area (Å²) < 4.78 is 6.05. The molecule has 3 aromatic carbocycles. The molecule has 0 radical (unpaired) electrons. The first-order chi connectivity index (χ1) is 17.0. The number of pyridine rings is 1. The second-order valence-corrected chi connectivity index (χ2v) is 8.11. The molecule has 0 unspecified atom stereocenters. The first-order valence-corrected chi connectivity index (χ1v) is 11.2.